The van der Waals surface area contributed by atoms with Gasteiger partial charge in [-0.3, -0.25) is 13.9 Å². The third-order valence-corrected chi connectivity index (χ3v) is 8.04. The highest BCUT2D eigenvalue weighted by Gasteiger charge is 2.35. The molecule has 0 saturated heterocycles. The van der Waals surface area contributed by atoms with Crippen LogP contribution in [0.1, 0.15) is 38.8 Å². The normalized spacial score (nSPS) is 12.8. The molecule has 0 heterocycles. The van der Waals surface area contributed by atoms with Gasteiger partial charge in [-0.05, 0) is 75.7 Å². The van der Waals surface area contributed by atoms with Crippen LogP contribution in [0, 0.1) is 0 Å². The van der Waals surface area contributed by atoms with Crippen molar-refractivity contribution >= 4 is 27.5 Å². The number of amides is 2. The van der Waals surface area contributed by atoms with Crippen molar-refractivity contribution in [3.05, 3.63) is 90.0 Å². The molecule has 0 aliphatic rings. The number of carbonyl (C=O) groups is 2. The molecule has 2 amide bonds. The molecular weight excluding hydrogens is 571 g/mol. The number of methoxy groups -OCH3 is 1. The maximum absolute atomic E-state index is 13.9. The first-order chi connectivity index (χ1) is 19.5. The van der Waals surface area contributed by atoms with Crippen LogP contribution in [0.15, 0.2) is 83.8 Å². The Morgan fingerprint density at radius 2 is 1.55 bits per heavy atom. The number of anilines is 1. The van der Waals surface area contributed by atoms with Crippen molar-refractivity contribution in [2.24, 2.45) is 0 Å². The van der Waals surface area contributed by atoms with Gasteiger partial charge in [-0.15, -0.1) is 0 Å². The topological polar surface area (TPSA) is 96.0 Å². The average Bonchev–Trinajstić information content (AvgIpc) is 2.93. The molecule has 1 atom stereocenters. The zero-order valence-corrected chi connectivity index (χ0v) is 24.8. The Morgan fingerprint density at radius 1 is 0.929 bits per heavy atom. The number of carbonyl (C=O) groups excluding carboxylic acids is 2. The third-order valence-electron chi connectivity index (χ3n) is 6.25. The maximum Gasteiger partial charge on any atom is 0.416 e. The van der Waals surface area contributed by atoms with Crippen molar-refractivity contribution in [2.45, 2.75) is 56.9 Å². The van der Waals surface area contributed by atoms with Crippen LogP contribution in [-0.2, 0) is 32.3 Å². The molecule has 0 aromatic heterocycles. The van der Waals surface area contributed by atoms with Gasteiger partial charge in [0.15, 0.2) is 0 Å². The molecule has 0 fully saturated rings. The summed E-state index contributed by atoms with van der Waals surface area (Å²) in [4.78, 5) is 28.0. The molecular formula is C30H34F3N3O5S. The van der Waals surface area contributed by atoms with Gasteiger partial charge in [-0.2, -0.15) is 13.2 Å². The molecule has 0 aliphatic carbocycles. The van der Waals surface area contributed by atoms with Crippen LogP contribution in [0.25, 0.3) is 0 Å². The Kier molecular flexibility index (Phi) is 9.93. The van der Waals surface area contributed by atoms with Crippen molar-refractivity contribution in [3.63, 3.8) is 0 Å². The molecule has 226 valence electrons. The molecule has 3 aromatic rings. The Bertz CT molecular complexity index is 1490. The highest BCUT2D eigenvalue weighted by molar-refractivity contribution is 7.92. The van der Waals surface area contributed by atoms with E-state index in [2.05, 4.69) is 5.32 Å². The molecule has 0 bridgehead atoms. The zero-order valence-electron chi connectivity index (χ0n) is 24.0. The van der Waals surface area contributed by atoms with Gasteiger partial charge in [-0.25, -0.2) is 8.42 Å². The van der Waals surface area contributed by atoms with Gasteiger partial charge in [0.2, 0.25) is 11.8 Å². The van der Waals surface area contributed by atoms with Crippen molar-refractivity contribution in [1.82, 2.24) is 10.2 Å². The van der Waals surface area contributed by atoms with E-state index in [1.807, 2.05) is 0 Å². The van der Waals surface area contributed by atoms with E-state index in [9.17, 15) is 31.2 Å². The van der Waals surface area contributed by atoms with E-state index in [1.54, 1.807) is 51.1 Å². The summed E-state index contributed by atoms with van der Waals surface area (Å²) in [5.41, 5.74) is -1.43. The molecule has 0 saturated carbocycles. The lowest BCUT2D eigenvalue weighted by Crippen LogP contribution is -2.54. The number of sulfonamides is 1. The second-order valence-electron chi connectivity index (χ2n) is 10.7. The summed E-state index contributed by atoms with van der Waals surface area (Å²) < 4.78 is 74.0. The molecule has 42 heavy (non-hydrogen) atoms. The van der Waals surface area contributed by atoms with Crippen LogP contribution in [-0.4, -0.2) is 50.4 Å². The number of benzene rings is 3. The van der Waals surface area contributed by atoms with E-state index in [-0.39, 0.29) is 17.1 Å². The summed E-state index contributed by atoms with van der Waals surface area (Å²) in [6.45, 7) is 5.88. The quantitative estimate of drug-likeness (QED) is 0.341. The molecule has 3 aromatic carbocycles. The summed E-state index contributed by atoms with van der Waals surface area (Å²) in [7, 11) is -3.00. The Hall–Kier alpha value is -4.06. The standard InChI is InChI=1S/C30H34F3N3O5S/c1-21(28(38)34-29(2,3)4)35(19-22-14-16-25(41-5)17-15-22)27(37)20-36(42(39,40)26-12-7-6-8-13-26)24-11-9-10-23(18-24)30(31,32)33/h6-18,21H,19-20H2,1-5H3,(H,34,38)/t21-/m0/s1. The van der Waals surface area contributed by atoms with Gasteiger partial charge in [0, 0.05) is 12.1 Å². The molecule has 8 nitrogen and oxygen atoms in total. The second-order valence-corrected chi connectivity index (χ2v) is 12.5. The fourth-order valence-corrected chi connectivity index (χ4v) is 5.50. The summed E-state index contributed by atoms with van der Waals surface area (Å²) in [6, 6.07) is 16.5. The minimum absolute atomic E-state index is 0.0800. The summed E-state index contributed by atoms with van der Waals surface area (Å²) in [5, 5.41) is 2.81. The fourth-order valence-electron chi connectivity index (χ4n) is 4.07. The molecule has 0 spiro atoms. The molecule has 0 aliphatic heterocycles. The van der Waals surface area contributed by atoms with E-state index in [1.165, 1.54) is 49.3 Å². The fraction of sp³-hybridized carbons (Fsp3) is 0.333. The number of nitrogens with zero attached hydrogens (tertiary/aromatic N) is 2. The predicted molar refractivity (Wildman–Crippen MR) is 153 cm³/mol. The molecule has 1 N–H and O–H groups in total. The lowest BCUT2D eigenvalue weighted by molar-refractivity contribution is -0.140. The highest BCUT2D eigenvalue weighted by atomic mass is 32.2. The maximum atomic E-state index is 13.9. The summed E-state index contributed by atoms with van der Waals surface area (Å²) >= 11 is 0. The number of halogens is 3. The largest absolute Gasteiger partial charge is 0.497 e. The van der Waals surface area contributed by atoms with E-state index in [0.717, 1.165) is 12.1 Å². The third kappa shape index (κ3) is 8.25. The van der Waals surface area contributed by atoms with Gasteiger partial charge in [-0.1, -0.05) is 36.4 Å². The van der Waals surface area contributed by atoms with Crippen LogP contribution in [0.5, 0.6) is 5.75 Å². The van der Waals surface area contributed by atoms with Crippen LogP contribution in [0.3, 0.4) is 0 Å². The van der Waals surface area contributed by atoms with Gasteiger partial charge < -0.3 is 15.0 Å². The van der Waals surface area contributed by atoms with E-state index in [0.29, 0.717) is 21.7 Å². The van der Waals surface area contributed by atoms with Crippen molar-refractivity contribution in [1.29, 1.82) is 0 Å². The van der Waals surface area contributed by atoms with E-state index >= 15 is 0 Å². The molecule has 12 heteroatoms. The number of nitrogens with one attached hydrogen (secondary N) is 1. The Labute approximate surface area is 244 Å². The monoisotopic (exact) mass is 605 g/mol. The number of alkyl halides is 3. The van der Waals surface area contributed by atoms with Crippen LogP contribution < -0.4 is 14.4 Å². The first-order valence-corrected chi connectivity index (χ1v) is 14.5. The molecule has 0 radical (unpaired) electrons. The summed E-state index contributed by atoms with van der Waals surface area (Å²) in [5.74, 6) is -0.708. The van der Waals surface area contributed by atoms with E-state index < -0.39 is 51.7 Å². The molecule has 0 unspecified atom stereocenters. The van der Waals surface area contributed by atoms with Crippen molar-refractivity contribution in [2.75, 3.05) is 18.0 Å². The minimum Gasteiger partial charge on any atom is -0.497 e. The first kappa shape index (κ1) is 32.5. The van der Waals surface area contributed by atoms with Gasteiger partial charge in [0.1, 0.15) is 18.3 Å². The van der Waals surface area contributed by atoms with Crippen molar-refractivity contribution in [3.8, 4) is 5.75 Å². The number of hydrogen-bond donors (Lipinski definition) is 1. The number of rotatable bonds is 10. The SMILES string of the molecule is COc1ccc(CN(C(=O)CN(c2cccc(C(F)(F)F)c2)S(=O)(=O)c2ccccc2)[C@@H](C)C(=O)NC(C)(C)C)cc1. The highest BCUT2D eigenvalue weighted by Crippen LogP contribution is 2.33. The van der Waals surface area contributed by atoms with E-state index in [4.69, 9.17) is 4.74 Å². The summed E-state index contributed by atoms with van der Waals surface area (Å²) in [6.07, 6.45) is -4.75. The number of ether oxygens (including phenoxy) is 1. The smallest absolute Gasteiger partial charge is 0.416 e. The van der Waals surface area contributed by atoms with Crippen LogP contribution in [0.4, 0.5) is 18.9 Å². The lowest BCUT2D eigenvalue weighted by Gasteiger charge is -2.33. The Morgan fingerprint density at radius 3 is 2.10 bits per heavy atom. The van der Waals surface area contributed by atoms with Gasteiger partial charge in [0.05, 0.1) is 23.3 Å². The average molecular weight is 606 g/mol. The minimum atomic E-state index is -4.75. The Balaban J connectivity index is 2.08. The zero-order chi connectivity index (χ0) is 31.3. The predicted octanol–water partition coefficient (Wildman–Crippen LogP) is 5.24. The van der Waals surface area contributed by atoms with Crippen molar-refractivity contribution < 1.29 is 35.9 Å². The van der Waals surface area contributed by atoms with Gasteiger partial charge >= 0.3 is 6.18 Å². The van der Waals surface area contributed by atoms with Crippen LogP contribution >= 0.6 is 0 Å². The second kappa shape index (κ2) is 12.8. The van der Waals surface area contributed by atoms with Gasteiger partial charge in [0.25, 0.3) is 10.0 Å². The number of hydrogen-bond acceptors (Lipinski definition) is 5. The first-order valence-electron chi connectivity index (χ1n) is 13.0. The van der Waals surface area contributed by atoms with Crippen LogP contribution in [0.2, 0.25) is 0 Å². The lowest BCUT2D eigenvalue weighted by atomic mass is 10.1. The molecule has 3 rings (SSSR count).